The third-order valence-electron chi connectivity index (χ3n) is 4.01. The Balaban J connectivity index is 2.38. The van der Waals surface area contributed by atoms with E-state index in [0.29, 0.717) is 19.1 Å². The number of hydrogen-bond donors (Lipinski definition) is 3. The summed E-state index contributed by atoms with van der Waals surface area (Å²) >= 11 is 0. The van der Waals surface area contributed by atoms with Crippen LogP contribution in [0.2, 0.25) is 0 Å². The highest BCUT2D eigenvalue weighted by atomic mass is 16.2. The summed E-state index contributed by atoms with van der Waals surface area (Å²) in [6, 6.07) is 0.452. The molecule has 0 bridgehead atoms. The summed E-state index contributed by atoms with van der Waals surface area (Å²) in [4.78, 5) is 18.8. The second-order valence-electron chi connectivity index (χ2n) is 7.27. The van der Waals surface area contributed by atoms with Crippen LogP contribution in [0.3, 0.4) is 0 Å². The summed E-state index contributed by atoms with van der Waals surface area (Å²) in [5.41, 5.74) is -0.355. The fourth-order valence-corrected chi connectivity index (χ4v) is 2.56. The highest BCUT2D eigenvalue weighted by Crippen LogP contribution is 2.12. The standard InChI is InChI=1S/C18H35N5O/c1-6-12-23-13-8-15(9-14-23)22-17(19-7-2)21-11-10-20-16(24)18(3,4)5/h6,15H,1,7-14H2,2-5H3,(H,20,24)(H2,19,21,22). The van der Waals surface area contributed by atoms with Gasteiger partial charge in [0.05, 0.1) is 6.54 Å². The molecular weight excluding hydrogens is 302 g/mol. The van der Waals surface area contributed by atoms with Crippen molar-refractivity contribution in [2.45, 2.75) is 46.6 Å². The summed E-state index contributed by atoms with van der Waals surface area (Å²) in [7, 11) is 0. The number of carbonyl (C=O) groups excluding carboxylic acids is 1. The lowest BCUT2D eigenvalue weighted by atomic mass is 9.96. The number of guanidine groups is 1. The molecule has 3 N–H and O–H groups in total. The Morgan fingerprint density at radius 3 is 2.50 bits per heavy atom. The Morgan fingerprint density at radius 1 is 1.29 bits per heavy atom. The van der Waals surface area contributed by atoms with Crippen LogP contribution in [0.5, 0.6) is 0 Å². The Labute approximate surface area is 147 Å². The topological polar surface area (TPSA) is 68.8 Å². The van der Waals surface area contributed by atoms with E-state index in [1.165, 1.54) is 0 Å². The number of piperidine rings is 1. The molecule has 1 aliphatic heterocycles. The van der Waals surface area contributed by atoms with Crippen molar-refractivity contribution in [3.8, 4) is 0 Å². The number of carbonyl (C=O) groups is 1. The fourth-order valence-electron chi connectivity index (χ4n) is 2.56. The smallest absolute Gasteiger partial charge is 0.225 e. The number of amides is 1. The maximum absolute atomic E-state index is 11.8. The summed E-state index contributed by atoms with van der Waals surface area (Å²) < 4.78 is 0. The molecular formula is C18H35N5O. The van der Waals surface area contributed by atoms with Crippen LogP contribution in [0.1, 0.15) is 40.5 Å². The second kappa shape index (κ2) is 10.3. The van der Waals surface area contributed by atoms with Crippen molar-refractivity contribution in [2.24, 2.45) is 10.4 Å². The number of rotatable bonds is 7. The van der Waals surface area contributed by atoms with Crippen LogP contribution < -0.4 is 16.0 Å². The molecule has 1 saturated heterocycles. The lowest BCUT2D eigenvalue weighted by Gasteiger charge is -2.32. The minimum absolute atomic E-state index is 0.0604. The summed E-state index contributed by atoms with van der Waals surface area (Å²) in [6.07, 6.45) is 4.18. The molecule has 0 unspecified atom stereocenters. The highest BCUT2D eigenvalue weighted by Gasteiger charge is 2.20. The molecule has 1 heterocycles. The van der Waals surface area contributed by atoms with E-state index < -0.39 is 0 Å². The van der Waals surface area contributed by atoms with E-state index in [9.17, 15) is 4.79 Å². The Morgan fingerprint density at radius 2 is 1.96 bits per heavy atom. The molecule has 0 aromatic carbocycles. The van der Waals surface area contributed by atoms with Gasteiger partial charge in [-0.1, -0.05) is 26.8 Å². The normalized spacial score (nSPS) is 17.4. The van der Waals surface area contributed by atoms with Crippen LogP contribution in [-0.2, 0) is 4.79 Å². The average Bonchev–Trinajstić information content (AvgIpc) is 2.52. The lowest BCUT2D eigenvalue weighted by molar-refractivity contribution is -0.128. The number of likely N-dealkylation sites (tertiary alicyclic amines) is 1. The summed E-state index contributed by atoms with van der Waals surface area (Å²) in [5.74, 6) is 0.898. The van der Waals surface area contributed by atoms with Crippen molar-refractivity contribution < 1.29 is 4.79 Å². The third kappa shape index (κ3) is 7.81. The Kier molecular flexibility index (Phi) is 8.82. The molecule has 0 spiro atoms. The van der Waals surface area contributed by atoms with E-state index in [1.807, 2.05) is 26.8 Å². The van der Waals surface area contributed by atoms with Crippen molar-refractivity contribution in [3.05, 3.63) is 12.7 Å². The van der Waals surface area contributed by atoms with Crippen molar-refractivity contribution in [2.75, 3.05) is 39.3 Å². The van der Waals surface area contributed by atoms with E-state index in [2.05, 4.69) is 39.3 Å². The molecule has 1 aliphatic rings. The van der Waals surface area contributed by atoms with Gasteiger partial charge in [-0.25, -0.2) is 0 Å². The minimum Gasteiger partial charge on any atom is -0.357 e. The largest absolute Gasteiger partial charge is 0.357 e. The molecule has 0 aliphatic carbocycles. The third-order valence-corrected chi connectivity index (χ3v) is 4.01. The van der Waals surface area contributed by atoms with E-state index in [0.717, 1.165) is 45.0 Å². The molecule has 1 fully saturated rings. The second-order valence-corrected chi connectivity index (χ2v) is 7.27. The van der Waals surface area contributed by atoms with Crippen LogP contribution in [0.25, 0.3) is 0 Å². The predicted molar refractivity (Wildman–Crippen MR) is 101 cm³/mol. The monoisotopic (exact) mass is 337 g/mol. The molecule has 138 valence electrons. The molecule has 24 heavy (non-hydrogen) atoms. The van der Waals surface area contributed by atoms with Crippen molar-refractivity contribution >= 4 is 11.9 Å². The number of nitrogens with zero attached hydrogens (tertiary/aromatic N) is 2. The van der Waals surface area contributed by atoms with Gasteiger partial charge in [0.1, 0.15) is 0 Å². The van der Waals surface area contributed by atoms with E-state index in [-0.39, 0.29) is 11.3 Å². The number of nitrogens with one attached hydrogen (secondary N) is 3. The van der Waals surface area contributed by atoms with Gasteiger partial charge in [-0.3, -0.25) is 14.7 Å². The fraction of sp³-hybridized carbons (Fsp3) is 0.778. The van der Waals surface area contributed by atoms with Crippen LogP contribution in [0, 0.1) is 5.41 Å². The van der Waals surface area contributed by atoms with E-state index in [4.69, 9.17) is 0 Å². The molecule has 0 aromatic heterocycles. The van der Waals surface area contributed by atoms with Crippen molar-refractivity contribution in [1.82, 2.24) is 20.9 Å². The van der Waals surface area contributed by atoms with Crippen LogP contribution in [0.4, 0.5) is 0 Å². The quantitative estimate of drug-likeness (QED) is 0.284. The minimum atomic E-state index is -0.355. The molecule has 1 amide bonds. The van der Waals surface area contributed by atoms with Crippen molar-refractivity contribution in [1.29, 1.82) is 0 Å². The zero-order valence-corrected chi connectivity index (χ0v) is 15.8. The molecule has 0 radical (unpaired) electrons. The Bertz CT molecular complexity index is 420. The van der Waals surface area contributed by atoms with Gasteiger partial charge < -0.3 is 16.0 Å². The van der Waals surface area contributed by atoms with Gasteiger partial charge in [-0.2, -0.15) is 0 Å². The van der Waals surface area contributed by atoms with Crippen LogP contribution >= 0.6 is 0 Å². The molecule has 6 heteroatoms. The predicted octanol–water partition coefficient (Wildman–Crippen LogP) is 1.35. The first-order valence-electron chi connectivity index (χ1n) is 9.03. The van der Waals surface area contributed by atoms with Crippen LogP contribution in [0.15, 0.2) is 17.6 Å². The summed E-state index contributed by atoms with van der Waals surface area (Å²) in [6.45, 7) is 16.7. The molecule has 0 saturated carbocycles. The number of hydrogen-bond acceptors (Lipinski definition) is 3. The van der Waals surface area contributed by atoms with Gasteiger partial charge in [0.15, 0.2) is 5.96 Å². The number of aliphatic imine (C=N–C) groups is 1. The van der Waals surface area contributed by atoms with Crippen molar-refractivity contribution in [3.63, 3.8) is 0 Å². The van der Waals surface area contributed by atoms with E-state index in [1.54, 1.807) is 0 Å². The maximum atomic E-state index is 11.8. The Hall–Kier alpha value is -1.56. The highest BCUT2D eigenvalue weighted by molar-refractivity contribution is 5.81. The van der Waals surface area contributed by atoms with Gasteiger partial charge in [0.25, 0.3) is 0 Å². The molecule has 0 atom stereocenters. The SMILES string of the molecule is C=CCN1CCC(NC(=NCCNC(=O)C(C)(C)C)NCC)CC1. The van der Waals surface area contributed by atoms with Gasteiger partial charge in [0, 0.05) is 44.2 Å². The molecule has 1 rings (SSSR count). The molecule has 0 aromatic rings. The van der Waals surface area contributed by atoms with Gasteiger partial charge in [0.2, 0.25) is 5.91 Å². The maximum Gasteiger partial charge on any atom is 0.225 e. The lowest BCUT2D eigenvalue weighted by Crippen LogP contribution is -2.49. The molecule has 6 nitrogen and oxygen atoms in total. The van der Waals surface area contributed by atoms with E-state index >= 15 is 0 Å². The first-order valence-corrected chi connectivity index (χ1v) is 9.03. The van der Waals surface area contributed by atoms with Gasteiger partial charge in [-0.15, -0.1) is 6.58 Å². The first-order chi connectivity index (χ1) is 11.4. The summed E-state index contributed by atoms with van der Waals surface area (Å²) in [5, 5.41) is 9.72. The first kappa shape index (κ1) is 20.5. The zero-order chi connectivity index (χ0) is 18.0. The van der Waals surface area contributed by atoms with Gasteiger partial charge in [-0.05, 0) is 19.8 Å². The average molecular weight is 338 g/mol. The van der Waals surface area contributed by atoms with Crippen LogP contribution in [-0.4, -0.2) is 62.1 Å². The zero-order valence-electron chi connectivity index (χ0n) is 15.8. The van der Waals surface area contributed by atoms with Gasteiger partial charge >= 0.3 is 0 Å².